The fourth-order valence-electron chi connectivity index (χ4n) is 3.68. The second-order valence-corrected chi connectivity index (χ2v) is 7.63. The Balaban J connectivity index is 1.54. The third-order valence-electron chi connectivity index (χ3n) is 5.50. The van der Waals surface area contributed by atoms with E-state index in [-0.39, 0.29) is 18.4 Å². The molecule has 6 nitrogen and oxygen atoms in total. The molecule has 1 saturated carbocycles. The van der Waals surface area contributed by atoms with Crippen molar-refractivity contribution in [2.45, 2.75) is 51.1 Å². The van der Waals surface area contributed by atoms with Crippen LogP contribution in [0.3, 0.4) is 0 Å². The van der Waals surface area contributed by atoms with Crippen LogP contribution in [0.4, 0.5) is 4.79 Å². The van der Waals surface area contributed by atoms with Crippen LogP contribution < -0.4 is 16.4 Å². The Hall–Kier alpha value is -2.08. The third kappa shape index (κ3) is 5.21. The smallest absolute Gasteiger partial charge is 0.312 e. The predicted octanol–water partition coefficient (Wildman–Crippen LogP) is 2.09. The van der Waals surface area contributed by atoms with Gasteiger partial charge in [-0.3, -0.25) is 4.79 Å². The molecule has 1 unspecified atom stereocenters. The molecule has 2 aliphatic rings. The summed E-state index contributed by atoms with van der Waals surface area (Å²) in [6.07, 6.45) is 4.95. The van der Waals surface area contributed by atoms with Gasteiger partial charge in [0.15, 0.2) is 0 Å². The zero-order valence-electron chi connectivity index (χ0n) is 15.5. The molecular formula is C20H30N4O2. The lowest BCUT2D eigenvalue weighted by molar-refractivity contribution is -0.132. The van der Waals surface area contributed by atoms with Crippen molar-refractivity contribution < 1.29 is 9.59 Å². The summed E-state index contributed by atoms with van der Waals surface area (Å²) in [6, 6.07) is 7.32. The molecule has 2 fully saturated rings. The molecule has 0 aromatic heterocycles. The molecular weight excluding hydrogens is 328 g/mol. The number of likely N-dealkylation sites (tertiary alicyclic amines) is 1. The number of hydrogen-bond donors (Lipinski definition) is 3. The largest absolute Gasteiger partial charge is 0.352 e. The number of carbonyl (C=O) groups is 2. The van der Waals surface area contributed by atoms with Gasteiger partial charge in [-0.15, -0.1) is 0 Å². The number of amides is 3. The Morgan fingerprint density at radius 3 is 2.50 bits per heavy atom. The van der Waals surface area contributed by atoms with E-state index in [9.17, 15) is 9.59 Å². The molecule has 3 rings (SSSR count). The van der Waals surface area contributed by atoms with Gasteiger partial charge in [0.2, 0.25) is 5.91 Å². The van der Waals surface area contributed by atoms with Gasteiger partial charge in [-0.05, 0) is 56.2 Å². The highest BCUT2D eigenvalue weighted by atomic mass is 16.2. The lowest BCUT2D eigenvalue weighted by atomic mass is 9.97. The number of nitrogens with two attached hydrogens (primary N) is 1. The quantitative estimate of drug-likeness (QED) is 0.697. The summed E-state index contributed by atoms with van der Waals surface area (Å²) in [4.78, 5) is 26.1. The number of benzene rings is 1. The second kappa shape index (κ2) is 8.54. The van der Waals surface area contributed by atoms with Crippen LogP contribution >= 0.6 is 0 Å². The Morgan fingerprint density at radius 2 is 1.88 bits per heavy atom. The lowest BCUT2D eigenvalue weighted by Crippen LogP contribution is -2.46. The highest BCUT2D eigenvalue weighted by Crippen LogP contribution is 2.28. The zero-order chi connectivity index (χ0) is 18.5. The molecule has 6 heteroatoms. The average Bonchev–Trinajstić information content (AvgIpc) is 3.44. The molecule has 1 heterocycles. The summed E-state index contributed by atoms with van der Waals surface area (Å²) < 4.78 is 0. The predicted molar refractivity (Wildman–Crippen MR) is 102 cm³/mol. The molecule has 142 valence electrons. The lowest BCUT2D eigenvalue weighted by Gasteiger charge is -2.33. The Labute approximate surface area is 155 Å². The Bertz CT molecular complexity index is 636. The fraction of sp³-hybridized carbons (Fsp3) is 0.600. The first kappa shape index (κ1) is 18.7. The zero-order valence-corrected chi connectivity index (χ0v) is 15.5. The molecule has 1 atom stereocenters. The summed E-state index contributed by atoms with van der Waals surface area (Å²) in [5.41, 5.74) is 7.32. The highest BCUT2D eigenvalue weighted by molar-refractivity contribution is 5.79. The Kier molecular flexibility index (Phi) is 6.14. The van der Waals surface area contributed by atoms with E-state index in [1.165, 1.54) is 12.8 Å². The molecule has 1 aliphatic heterocycles. The normalized spacial score (nSPS) is 19.2. The number of rotatable bonds is 7. The molecule has 1 aliphatic carbocycles. The maximum atomic E-state index is 12.8. The van der Waals surface area contributed by atoms with Crippen LogP contribution in [0.2, 0.25) is 0 Å². The van der Waals surface area contributed by atoms with Crippen molar-refractivity contribution in [1.29, 1.82) is 0 Å². The minimum atomic E-state index is -0.603. The van der Waals surface area contributed by atoms with E-state index in [0.717, 1.165) is 49.5 Å². The van der Waals surface area contributed by atoms with Crippen LogP contribution in [-0.2, 0) is 4.79 Å². The minimum absolute atomic E-state index is 0.0765. The van der Waals surface area contributed by atoms with Gasteiger partial charge in [0.1, 0.15) is 0 Å². The van der Waals surface area contributed by atoms with Gasteiger partial charge in [-0.2, -0.15) is 0 Å². The summed E-state index contributed by atoms with van der Waals surface area (Å²) in [5, 5.41) is 6.37. The molecule has 1 aromatic rings. The van der Waals surface area contributed by atoms with Crippen LogP contribution in [0.1, 0.15) is 49.3 Å². The molecule has 1 aromatic carbocycles. The minimum Gasteiger partial charge on any atom is -0.352 e. The first-order chi connectivity index (χ1) is 12.5. The van der Waals surface area contributed by atoms with Gasteiger partial charge in [0.25, 0.3) is 0 Å². The molecule has 1 saturated heterocycles. The number of primary amides is 1. The van der Waals surface area contributed by atoms with Crippen LogP contribution in [0.5, 0.6) is 0 Å². The number of carbonyl (C=O) groups excluding carboxylic acids is 2. The van der Waals surface area contributed by atoms with Crippen molar-refractivity contribution in [2.75, 3.05) is 19.6 Å². The molecule has 26 heavy (non-hydrogen) atoms. The monoisotopic (exact) mass is 358 g/mol. The van der Waals surface area contributed by atoms with Crippen molar-refractivity contribution in [2.24, 2.45) is 11.7 Å². The van der Waals surface area contributed by atoms with Gasteiger partial charge in [-0.25, -0.2) is 4.79 Å². The Morgan fingerprint density at radius 1 is 1.19 bits per heavy atom. The van der Waals surface area contributed by atoms with Crippen molar-refractivity contribution in [3.05, 3.63) is 35.4 Å². The van der Waals surface area contributed by atoms with Crippen LogP contribution in [0, 0.1) is 12.8 Å². The van der Waals surface area contributed by atoms with Gasteiger partial charge in [0.05, 0.1) is 12.5 Å². The number of aryl methyl sites for hydroxylation is 1. The van der Waals surface area contributed by atoms with Crippen molar-refractivity contribution in [1.82, 2.24) is 15.5 Å². The topological polar surface area (TPSA) is 87.5 Å². The van der Waals surface area contributed by atoms with E-state index in [2.05, 4.69) is 10.6 Å². The van der Waals surface area contributed by atoms with Crippen molar-refractivity contribution in [3.8, 4) is 0 Å². The molecule has 0 spiro atoms. The van der Waals surface area contributed by atoms with E-state index >= 15 is 0 Å². The standard InChI is InChI=1S/C20H30N4O2/c1-14-4-2-3-5-17(14)18(23-20(21)26)12-19(25)24-10-8-16(9-11-24)22-13-15-6-7-15/h2-5,15-16,18,22H,6-13H2,1H3,(H3,21,23,26). The van der Waals surface area contributed by atoms with E-state index in [1.807, 2.05) is 36.1 Å². The number of piperidine rings is 1. The maximum Gasteiger partial charge on any atom is 0.312 e. The van der Waals surface area contributed by atoms with Gasteiger partial charge >= 0.3 is 6.03 Å². The van der Waals surface area contributed by atoms with Crippen molar-refractivity contribution >= 4 is 11.9 Å². The molecule has 0 bridgehead atoms. The SMILES string of the molecule is Cc1ccccc1C(CC(=O)N1CCC(NCC2CC2)CC1)NC(N)=O. The summed E-state index contributed by atoms with van der Waals surface area (Å²) in [7, 11) is 0. The van der Waals surface area contributed by atoms with Crippen LogP contribution in [-0.4, -0.2) is 42.5 Å². The first-order valence-corrected chi connectivity index (χ1v) is 9.65. The van der Waals surface area contributed by atoms with E-state index in [4.69, 9.17) is 5.73 Å². The highest BCUT2D eigenvalue weighted by Gasteiger charge is 2.27. The second-order valence-electron chi connectivity index (χ2n) is 7.63. The number of nitrogens with zero attached hydrogens (tertiary/aromatic N) is 1. The summed E-state index contributed by atoms with van der Waals surface area (Å²) in [6.45, 7) is 4.65. The fourth-order valence-corrected chi connectivity index (χ4v) is 3.68. The molecule has 4 N–H and O–H groups in total. The van der Waals surface area contributed by atoms with E-state index < -0.39 is 6.03 Å². The first-order valence-electron chi connectivity index (χ1n) is 9.65. The maximum absolute atomic E-state index is 12.8. The van der Waals surface area contributed by atoms with Gasteiger partial charge < -0.3 is 21.3 Å². The number of nitrogens with one attached hydrogen (secondary N) is 2. The molecule has 0 radical (unpaired) electrons. The average molecular weight is 358 g/mol. The number of urea groups is 1. The van der Waals surface area contributed by atoms with Crippen molar-refractivity contribution in [3.63, 3.8) is 0 Å². The molecule has 3 amide bonds. The summed E-state index contributed by atoms with van der Waals surface area (Å²) in [5.74, 6) is 0.956. The number of hydrogen-bond acceptors (Lipinski definition) is 3. The van der Waals surface area contributed by atoms with Gasteiger partial charge in [0, 0.05) is 19.1 Å². The van der Waals surface area contributed by atoms with Crippen LogP contribution in [0.25, 0.3) is 0 Å². The van der Waals surface area contributed by atoms with Gasteiger partial charge in [-0.1, -0.05) is 24.3 Å². The summed E-state index contributed by atoms with van der Waals surface area (Å²) >= 11 is 0. The van der Waals surface area contributed by atoms with Crippen LogP contribution in [0.15, 0.2) is 24.3 Å². The van der Waals surface area contributed by atoms with E-state index in [0.29, 0.717) is 6.04 Å². The van der Waals surface area contributed by atoms with E-state index in [1.54, 1.807) is 0 Å². The third-order valence-corrected chi connectivity index (χ3v) is 5.50.